The van der Waals surface area contributed by atoms with E-state index in [0.29, 0.717) is 12.8 Å². The maximum atomic E-state index is 13.9. The first-order valence-electron chi connectivity index (χ1n) is 46.7. The van der Waals surface area contributed by atoms with E-state index in [9.17, 15) is 45.1 Å². The van der Waals surface area contributed by atoms with E-state index < -0.39 is 100 Å². The molecule has 107 heavy (non-hydrogen) atoms. The summed E-state index contributed by atoms with van der Waals surface area (Å²) in [5.41, 5.74) is 0. The van der Waals surface area contributed by atoms with Gasteiger partial charge in [0.15, 0.2) is 12.6 Å². The van der Waals surface area contributed by atoms with Gasteiger partial charge in [-0.1, -0.05) is 431 Å². The van der Waals surface area contributed by atoms with Crippen molar-refractivity contribution in [2.24, 2.45) is 29.6 Å². The van der Waals surface area contributed by atoms with Crippen LogP contribution in [-0.2, 0) is 32.8 Å². The number of phosphoric acid groups is 1. The first-order valence-corrected chi connectivity index (χ1v) is 48.3. The molecule has 0 aromatic heterocycles. The van der Waals surface area contributed by atoms with Crippen LogP contribution in [0.3, 0.4) is 0 Å². The van der Waals surface area contributed by atoms with Gasteiger partial charge in [0.2, 0.25) is 0 Å². The molecule has 0 bridgehead atoms. The largest absolute Gasteiger partial charge is 0.469 e. The lowest BCUT2D eigenvalue weighted by Gasteiger charge is -2.44. The van der Waals surface area contributed by atoms with Crippen LogP contribution in [0, 0.1) is 29.6 Å². The molecular weight excluding hydrogens is 1370 g/mol. The summed E-state index contributed by atoms with van der Waals surface area (Å²) in [6.07, 6.45) is 72.8. The molecule has 4 rings (SSSR count). The number of rotatable bonds is 78. The van der Waals surface area contributed by atoms with Crippen LogP contribution in [0.5, 0.6) is 0 Å². The molecule has 16 nitrogen and oxygen atoms in total. The van der Waals surface area contributed by atoms with Crippen LogP contribution in [0.4, 0.5) is 0 Å². The van der Waals surface area contributed by atoms with E-state index >= 15 is 0 Å². The number of aliphatic hydroxyl groups excluding tert-OH is 7. The lowest BCUT2D eigenvalue weighted by Crippen LogP contribution is -2.64. The Bertz CT molecular complexity index is 2050. The Labute approximate surface area is 656 Å². The van der Waals surface area contributed by atoms with Crippen molar-refractivity contribution in [3.05, 3.63) is 0 Å². The average Bonchev–Trinajstić information content (AvgIpc) is 1.64. The van der Waals surface area contributed by atoms with Gasteiger partial charge in [0, 0.05) is 0 Å². The first-order chi connectivity index (χ1) is 52.1. The number of ether oxygens (including phenoxy) is 4. The molecule has 0 spiro atoms. The Kier molecular flexibility index (Phi) is 60.2. The van der Waals surface area contributed by atoms with Gasteiger partial charge in [-0.3, -0.25) is 9.32 Å². The second kappa shape index (κ2) is 65.3. The van der Waals surface area contributed by atoms with Crippen LogP contribution < -0.4 is 0 Å². The number of hydrogen-bond donors (Lipinski definition) is 9. The highest BCUT2D eigenvalue weighted by atomic mass is 31.2. The molecule has 4 fully saturated rings. The van der Waals surface area contributed by atoms with Gasteiger partial charge in [0.05, 0.1) is 18.6 Å². The fourth-order valence-corrected chi connectivity index (χ4v) is 17.8. The Morgan fingerprint density at radius 2 is 0.561 bits per heavy atom. The minimum absolute atomic E-state index is 0.416. The molecule has 4 aliphatic rings. The topological polar surface area (TPSA) is 262 Å². The number of unbranched alkanes of at least 4 members (excludes halogenated alkanes) is 57. The van der Waals surface area contributed by atoms with E-state index in [0.717, 1.165) is 75.0 Å². The highest BCUT2D eigenvalue weighted by Crippen LogP contribution is 2.47. The maximum absolute atomic E-state index is 13.9. The van der Waals surface area contributed by atoms with Crippen LogP contribution in [0.15, 0.2) is 0 Å². The molecule has 2 heterocycles. The van der Waals surface area contributed by atoms with Crippen molar-refractivity contribution in [3.63, 3.8) is 0 Å². The summed E-state index contributed by atoms with van der Waals surface area (Å²) in [4.78, 5) is 32.2. The predicted octanol–water partition coefficient (Wildman–Crippen LogP) is 22.7. The van der Waals surface area contributed by atoms with Crippen molar-refractivity contribution in [1.82, 2.24) is 0 Å². The molecule has 17 heteroatoms. The third-order valence-corrected chi connectivity index (χ3v) is 25.6. The molecule has 0 aromatic rings. The van der Waals surface area contributed by atoms with E-state index in [-0.39, 0.29) is 0 Å². The molecular formula is C90H173O16P. The van der Waals surface area contributed by atoms with Crippen LogP contribution in [-0.4, -0.2) is 132 Å². The van der Waals surface area contributed by atoms with Crippen molar-refractivity contribution in [3.8, 4) is 0 Å². The van der Waals surface area contributed by atoms with Crippen molar-refractivity contribution < 1.29 is 78.4 Å². The van der Waals surface area contributed by atoms with Crippen LogP contribution >= 0.6 is 7.82 Å². The first kappa shape index (κ1) is 98.5. The minimum atomic E-state index is -5.03. The van der Waals surface area contributed by atoms with Crippen molar-refractivity contribution in [2.75, 3.05) is 13.2 Å². The Hall–Kier alpha value is -0.820. The molecule has 16 atom stereocenters. The summed E-state index contributed by atoms with van der Waals surface area (Å²) < 4.78 is 38.2. The second-order valence-electron chi connectivity index (χ2n) is 34.9. The van der Waals surface area contributed by atoms with Crippen molar-refractivity contribution in [2.45, 2.75) is 524 Å². The van der Waals surface area contributed by atoms with E-state index in [2.05, 4.69) is 18.4 Å². The molecule has 0 radical (unpaired) electrons. The molecule has 2 saturated carbocycles. The third-order valence-electron chi connectivity index (χ3n) is 25.1. The van der Waals surface area contributed by atoms with E-state index in [1.807, 2.05) is 0 Å². The predicted molar refractivity (Wildman–Crippen MR) is 437 cm³/mol. The zero-order valence-corrected chi connectivity index (χ0v) is 70.2. The van der Waals surface area contributed by atoms with E-state index in [4.69, 9.17) is 28.7 Å². The number of aliphatic hydroxyl groups is 7. The molecule has 5 unspecified atom stereocenters. The Balaban J connectivity index is 0.978. The molecule has 0 aromatic carbocycles. The minimum Gasteiger partial charge on any atom is -0.463 e. The summed E-state index contributed by atoms with van der Waals surface area (Å²) >= 11 is 0. The standard InChI is InChI=1S/C90H173O16P/c1-3-5-7-9-11-13-15-17-19-21-22-23-24-25-26-27-28-30-34-38-42-50-56-62-68-78(88(98)102-72-80-82(92)84(94)86(96)89(104-80)106-90-87(97)85(95)83(93)81(105-90)73-103-107(99,100)101)79(91)69-63-57-51-43-39-35-31-33-37-41-47-53-59-65-75-71-77(75)67-61-55-49-45-44-48-54-60-66-76-70-74(76)64-58-52-46-40-36-32-29-20-18-16-14-12-10-8-6-4-2/h74-87,89-97H,3-73H2,1-2H3,(H2,99,100,101)/t74?,75?,76?,77?,78?,79-,80-,81-,82-,83-,84+,85+,86-,87-,89-,90-/m1/s1. The fraction of sp³-hybridized carbons (Fsp3) is 0.989. The SMILES string of the molecule is CCCCCCCCCCCCCCCCCCCCCCCCCCC(C(=O)OC[C@H]1O[C@H](O[C@H]2O[C@H](COP(=O)(O)O)[C@@H](O)[C@H](O)[C@H]2O)[C@H](O)[C@@H](O)[C@@H]1O)[C@H](O)CCCCCCCCCCCCCCCC1CC1CCCCCCCCCCC1CC1CCCCCCCCCCCCCCCCCC. The summed E-state index contributed by atoms with van der Waals surface area (Å²) in [5, 5.41) is 75.7. The summed E-state index contributed by atoms with van der Waals surface area (Å²) in [6.45, 7) is 3.10. The molecule has 9 N–H and O–H groups in total. The Morgan fingerprint density at radius 3 is 0.822 bits per heavy atom. The summed E-state index contributed by atoms with van der Waals surface area (Å²) in [6, 6.07) is 0. The highest BCUT2D eigenvalue weighted by molar-refractivity contribution is 7.46. The quantitative estimate of drug-likeness (QED) is 0.0156. The third kappa shape index (κ3) is 50.3. The van der Waals surface area contributed by atoms with Gasteiger partial charge in [-0.15, -0.1) is 0 Å². The highest BCUT2D eigenvalue weighted by Gasteiger charge is 2.51. The lowest BCUT2D eigenvalue weighted by molar-refractivity contribution is -0.376. The summed E-state index contributed by atoms with van der Waals surface area (Å²) in [7, 11) is -5.03. The second-order valence-corrected chi connectivity index (χ2v) is 36.1. The normalized spacial score (nSPS) is 25.0. The monoisotopic (exact) mass is 1540 g/mol. The zero-order chi connectivity index (χ0) is 77.1. The number of esters is 1. The van der Waals surface area contributed by atoms with Gasteiger partial charge >= 0.3 is 13.8 Å². The van der Waals surface area contributed by atoms with E-state index in [1.54, 1.807) is 6.42 Å². The smallest absolute Gasteiger partial charge is 0.463 e. The van der Waals surface area contributed by atoms with E-state index in [1.165, 1.54) is 372 Å². The lowest BCUT2D eigenvalue weighted by atomic mass is 9.91. The van der Waals surface area contributed by atoms with Crippen LogP contribution in [0.25, 0.3) is 0 Å². The van der Waals surface area contributed by atoms with Crippen molar-refractivity contribution >= 4 is 13.8 Å². The average molecular weight is 1540 g/mol. The number of phosphoric ester groups is 1. The van der Waals surface area contributed by atoms with Gasteiger partial charge in [-0.05, 0) is 49.4 Å². The fourth-order valence-electron chi connectivity index (χ4n) is 17.5. The van der Waals surface area contributed by atoms with Gasteiger partial charge in [0.25, 0.3) is 0 Å². The van der Waals surface area contributed by atoms with Crippen molar-refractivity contribution in [1.29, 1.82) is 0 Å². The van der Waals surface area contributed by atoms with Gasteiger partial charge in [0.1, 0.15) is 55.4 Å². The molecule has 634 valence electrons. The number of hydrogen-bond acceptors (Lipinski definition) is 14. The zero-order valence-electron chi connectivity index (χ0n) is 69.3. The van der Waals surface area contributed by atoms with Crippen LogP contribution in [0.1, 0.15) is 457 Å². The molecule has 2 aliphatic carbocycles. The maximum Gasteiger partial charge on any atom is 0.469 e. The van der Waals surface area contributed by atoms with Gasteiger partial charge < -0.3 is 64.5 Å². The summed E-state index contributed by atoms with van der Waals surface area (Å²) in [5.74, 6) is 2.73. The van der Waals surface area contributed by atoms with Gasteiger partial charge in [-0.2, -0.15) is 0 Å². The number of carbonyl (C=O) groups excluding carboxylic acids is 1. The molecule has 2 aliphatic heterocycles. The molecule has 2 saturated heterocycles. The molecule has 0 amide bonds. The number of carbonyl (C=O) groups is 1. The van der Waals surface area contributed by atoms with Crippen LogP contribution in [0.2, 0.25) is 0 Å². The van der Waals surface area contributed by atoms with Gasteiger partial charge in [-0.25, -0.2) is 4.57 Å². The Morgan fingerprint density at radius 1 is 0.327 bits per heavy atom.